The van der Waals surface area contributed by atoms with E-state index >= 15 is 0 Å². The Kier molecular flexibility index (Phi) is 9.04. The van der Waals surface area contributed by atoms with Gasteiger partial charge in [0.25, 0.3) is 0 Å². The molecular weight excluding hydrogens is 466 g/mol. The van der Waals surface area contributed by atoms with Crippen molar-refractivity contribution in [3.05, 3.63) is 65.7 Å². The minimum atomic E-state index is -0.546. The number of amides is 2. The molecule has 6 nitrogen and oxygen atoms in total. The van der Waals surface area contributed by atoms with Crippen molar-refractivity contribution in [2.75, 3.05) is 4.90 Å². The molecule has 0 spiro atoms. The first-order valence-electron chi connectivity index (χ1n) is 13.4. The van der Waals surface area contributed by atoms with Crippen molar-refractivity contribution in [1.29, 1.82) is 0 Å². The van der Waals surface area contributed by atoms with Crippen molar-refractivity contribution < 1.29 is 23.9 Å². The number of unbranched alkanes of at least 4 members (excludes halogenated alkanes) is 2. The molecule has 2 amide bonds. The summed E-state index contributed by atoms with van der Waals surface area (Å²) in [6.45, 7) is 2.26. The number of piperidine rings is 1. The summed E-state index contributed by atoms with van der Waals surface area (Å²) in [6, 6.07) is 14.5. The van der Waals surface area contributed by atoms with Crippen LogP contribution in [0.25, 0.3) is 6.08 Å². The van der Waals surface area contributed by atoms with Crippen molar-refractivity contribution in [3.63, 3.8) is 0 Å². The summed E-state index contributed by atoms with van der Waals surface area (Å²) in [5.41, 5.74) is 2.66. The number of carbonyl (C=O) groups excluding carboxylic acids is 4. The van der Waals surface area contributed by atoms with Gasteiger partial charge in [0, 0.05) is 6.08 Å². The van der Waals surface area contributed by atoms with Crippen LogP contribution in [0, 0.1) is 5.92 Å². The van der Waals surface area contributed by atoms with Gasteiger partial charge < -0.3 is 4.74 Å². The molecule has 0 bridgehead atoms. The van der Waals surface area contributed by atoms with Crippen molar-refractivity contribution >= 4 is 35.3 Å². The lowest BCUT2D eigenvalue weighted by Crippen LogP contribution is -2.43. The molecule has 4 rings (SSSR count). The second-order valence-electron chi connectivity index (χ2n) is 10.1. The quantitative estimate of drug-likeness (QED) is 0.0994. The molecule has 194 valence electrons. The third-order valence-electron chi connectivity index (χ3n) is 7.39. The highest BCUT2D eigenvalue weighted by molar-refractivity contribution is 6.27. The molecule has 0 atom stereocenters. The Balaban J connectivity index is 1.26. The molecule has 2 aliphatic rings. The third-order valence-corrected chi connectivity index (χ3v) is 7.39. The molecule has 1 saturated carbocycles. The molecule has 0 N–H and O–H groups in total. The summed E-state index contributed by atoms with van der Waals surface area (Å²) in [4.78, 5) is 48.8. The van der Waals surface area contributed by atoms with E-state index in [0.29, 0.717) is 17.4 Å². The first kappa shape index (κ1) is 26.5. The van der Waals surface area contributed by atoms with Crippen molar-refractivity contribution in [2.45, 2.75) is 77.0 Å². The average molecular weight is 502 g/mol. The number of esters is 1. The van der Waals surface area contributed by atoms with Gasteiger partial charge in [-0.15, -0.1) is 0 Å². The lowest BCUT2D eigenvalue weighted by molar-refractivity contribution is -0.136. The predicted octanol–water partition coefficient (Wildman–Crippen LogP) is 6.38. The van der Waals surface area contributed by atoms with Gasteiger partial charge >= 0.3 is 5.97 Å². The maximum atomic E-state index is 12.3. The van der Waals surface area contributed by atoms with Crippen LogP contribution in [0.3, 0.4) is 0 Å². The van der Waals surface area contributed by atoms with Crippen LogP contribution in [0.2, 0.25) is 0 Å². The van der Waals surface area contributed by atoms with Crippen LogP contribution >= 0.6 is 0 Å². The van der Waals surface area contributed by atoms with Crippen LogP contribution in [-0.4, -0.2) is 23.6 Å². The van der Waals surface area contributed by atoms with Gasteiger partial charge in [0.2, 0.25) is 11.8 Å². The molecule has 0 unspecified atom stereocenters. The molecule has 1 saturated heterocycles. The van der Waals surface area contributed by atoms with E-state index in [0.717, 1.165) is 16.4 Å². The zero-order chi connectivity index (χ0) is 26.2. The highest BCUT2D eigenvalue weighted by Crippen LogP contribution is 2.37. The van der Waals surface area contributed by atoms with Gasteiger partial charge in [-0.3, -0.25) is 14.4 Å². The Morgan fingerprint density at radius 3 is 2.16 bits per heavy atom. The molecule has 2 aromatic carbocycles. The Hall–Kier alpha value is -3.54. The number of ether oxygens (including phenoxy) is 1. The summed E-state index contributed by atoms with van der Waals surface area (Å²) in [7, 11) is 0. The van der Waals surface area contributed by atoms with Gasteiger partial charge in [-0.25, -0.2) is 9.69 Å². The summed E-state index contributed by atoms with van der Waals surface area (Å²) in [6.07, 6.45) is 13.1. The lowest BCUT2D eigenvalue weighted by atomic mass is 9.77. The maximum Gasteiger partial charge on any atom is 0.336 e. The molecule has 6 heteroatoms. The summed E-state index contributed by atoms with van der Waals surface area (Å²) in [5.74, 6) is -0.165. The molecule has 1 aliphatic carbocycles. The molecule has 0 aromatic heterocycles. The number of hydrogen-bond donors (Lipinski definition) is 0. The smallest absolute Gasteiger partial charge is 0.336 e. The predicted molar refractivity (Wildman–Crippen MR) is 143 cm³/mol. The maximum absolute atomic E-state index is 12.3. The van der Waals surface area contributed by atoms with E-state index in [4.69, 9.17) is 4.74 Å². The number of imide groups is 1. The molecule has 2 fully saturated rings. The third kappa shape index (κ3) is 7.25. The van der Waals surface area contributed by atoms with Crippen molar-refractivity contribution in [1.82, 2.24) is 0 Å². The fourth-order valence-corrected chi connectivity index (χ4v) is 5.31. The van der Waals surface area contributed by atoms with Crippen molar-refractivity contribution in [3.8, 4) is 5.75 Å². The molecular formula is C31H35NO5. The molecule has 37 heavy (non-hydrogen) atoms. The number of hydrogen-bond acceptors (Lipinski definition) is 5. The van der Waals surface area contributed by atoms with Gasteiger partial charge in [-0.05, 0) is 79.0 Å². The molecule has 2 aromatic rings. The standard InChI is InChI=1S/C31H35NO5/c1-2-3-4-5-22-6-11-24(12-7-22)25-13-8-23(9-14-25)10-19-31(36)37-28-17-15-26(16-18-28)32-29(34)20-27(33)21-30(32)35/h8-10,13-19,22,24H,2-7,11-12,20-21H2,1H3/b19-10+. The van der Waals surface area contributed by atoms with Crippen LogP contribution < -0.4 is 9.64 Å². The molecule has 0 radical (unpaired) electrons. The van der Waals surface area contributed by atoms with Crippen LogP contribution in [0.15, 0.2) is 54.6 Å². The van der Waals surface area contributed by atoms with E-state index in [1.54, 1.807) is 6.08 Å². The minimum absolute atomic E-state index is 0.283. The van der Waals surface area contributed by atoms with Crippen LogP contribution in [0.1, 0.15) is 88.2 Å². The van der Waals surface area contributed by atoms with Gasteiger partial charge in [0.1, 0.15) is 5.75 Å². The first-order valence-corrected chi connectivity index (χ1v) is 13.4. The van der Waals surface area contributed by atoms with E-state index in [9.17, 15) is 19.2 Å². The number of rotatable bonds is 9. The second kappa shape index (κ2) is 12.6. The largest absolute Gasteiger partial charge is 0.423 e. The number of Topliss-reactive ketones (excluding diaryl/α,β-unsaturated/α-hetero) is 1. The molecule has 1 heterocycles. The van der Waals surface area contributed by atoms with Gasteiger partial charge in [0.15, 0.2) is 5.78 Å². The van der Waals surface area contributed by atoms with Gasteiger partial charge in [-0.1, -0.05) is 56.9 Å². The number of benzene rings is 2. The van der Waals surface area contributed by atoms with E-state index < -0.39 is 17.8 Å². The summed E-state index contributed by atoms with van der Waals surface area (Å²) in [5, 5.41) is 0. The van der Waals surface area contributed by atoms with E-state index in [2.05, 4.69) is 19.1 Å². The number of ketones is 1. The van der Waals surface area contributed by atoms with E-state index in [-0.39, 0.29) is 18.6 Å². The van der Waals surface area contributed by atoms with E-state index in [1.807, 2.05) is 12.1 Å². The van der Waals surface area contributed by atoms with Crippen LogP contribution in [0.4, 0.5) is 5.69 Å². The fraction of sp³-hybridized carbons (Fsp3) is 0.419. The van der Waals surface area contributed by atoms with Gasteiger partial charge in [-0.2, -0.15) is 0 Å². The lowest BCUT2D eigenvalue weighted by Gasteiger charge is -2.29. The average Bonchev–Trinajstić information content (AvgIpc) is 2.89. The topological polar surface area (TPSA) is 80.8 Å². The first-order chi connectivity index (χ1) is 17.9. The normalized spacial score (nSPS) is 20.5. The van der Waals surface area contributed by atoms with E-state index in [1.165, 1.54) is 87.3 Å². The highest BCUT2D eigenvalue weighted by Gasteiger charge is 2.32. The highest BCUT2D eigenvalue weighted by atomic mass is 16.5. The number of anilines is 1. The van der Waals surface area contributed by atoms with Crippen molar-refractivity contribution in [2.24, 2.45) is 5.92 Å². The SMILES string of the molecule is CCCCCC1CCC(c2ccc(/C=C/C(=O)Oc3ccc(N4C(=O)CC(=O)CC4=O)cc3)cc2)CC1. The Morgan fingerprint density at radius 1 is 0.892 bits per heavy atom. The summed E-state index contributed by atoms with van der Waals surface area (Å²) >= 11 is 0. The van der Waals surface area contributed by atoms with Crippen LogP contribution in [0.5, 0.6) is 5.75 Å². The monoisotopic (exact) mass is 501 g/mol. The Labute approximate surface area is 218 Å². The number of carbonyl (C=O) groups is 4. The fourth-order valence-electron chi connectivity index (χ4n) is 5.31. The summed E-state index contributed by atoms with van der Waals surface area (Å²) < 4.78 is 5.34. The Morgan fingerprint density at radius 2 is 1.54 bits per heavy atom. The minimum Gasteiger partial charge on any atom is -0.423 e. The second-order valence-corrected chi connectivity index (χ2v) is 10.1. The Bertz CT molecular complexity index is 1120. The van der Waals surface area contributed by atoms with Crippen LogP contribution in [-0.2, 0) is 19.2 Å². The van der Waals surface area contributed by atoms with Gasteiger partial charge in [0.05, 0.1) is 18.5 Å². The molecule has 1 aliphatic heterocycles. The number of nitrogens with zero attached hydrogens (tertiary/aromatic N) is 1. The zero-order valence-corrected chi connectivity index (χ0v) is 21.5. The zero-order valence-electron chi connectivity index (χ0n) is 21.5.